The SMILES string of the molecule is NC(CSc1ccccc1)CC1CCCC1. The van der Waals surface area contributed by atoms with Crippen molar-refractivity contribution in [1.29, 1.82) is 0 Å². The molecule has 1 aromatic carbocycles. The first kappa shape index (κ1) is 12.0. The zero-order valence-corrected chi connectivity index (χ0v) is 10.6. The van der Waals surface area contributed by atoms with Crippen LogP contribution in [0.2, 0.25) is 0 Å². The quantitative estimate of drug-likeness (QED) is 0.788. The Kier molecular flexibility index (Phi) is 4.73. The van der Waals surface area contributed by atoms with Gasteiger partial charge in [0, 0.05) is 16.7 Å². The number of hydrogen-bond donors (Lipinski definition) is 1. The van der Waals surface area contributed by atoms with Gasteiger partial charge in [-0.25, -0.2) is 0 Å². The smallest absolute Gasteiger partial charge is 0.0136 e. The monoisotopic (exact) mass is 235 g/mol. The van der Waals surface area contributed by atoms with Crippen molar-refractivity contribution in [3.63, 3.8) is 0 Å². The van der Waals surface area contributed by atoms with E-state index in [0.29, 0.717) is 6.04 Å². The van der Waals surface area contributed by atoms with Crippen molar-refractivity contribution in [2.45, 2.75) is 43.0 Å². The molecule has 0 saturated heterocycles. The highest BCUT2D eigenvalue weighted by atomic mass is 32.2. The summed E-state index contributed by atoms with van der Waals surface area (Å²) in [6.07, 6.45) is 6.87. The molecule has 0 aromatic heterocycles. The van der Waals surface area contributed by atoms with Crippen LogP contribution in [0.3, 0.4) is 0 Å². The van der Waals surface area contributed by atoms with E-state index in [2.05, 4.69) is 30.3 Å². The normalized spacial score (nSPS) is 18.8. The van der Waals surface area contributed by atoms with Gasteiger partial charge in [0.15, 0.2) is 0 Å². The predicted octanol–water partition coefficient (Wildman–Crippen LogP) is 3.69. The Hall–Kier alpha value is -0.470. The van der Waals surface area contributed by atoms with Gasteiger partial charge in [0.05, 0.1) is 0 Å². The van der Waals surface area contributed by atoms with Crippen molar-refractivity contribution < 1.29 is 0 Å². The largest absolute Gasteiger partial charge is 0.327 e. The predicted molar refractivity (Wildman–Crippen MR) is 71.7 cm³/mol. The highest BCUT2D eigenvalue weighted by molar-refractivity contribution is 7.99. The number of hydrogen-bond acceptors (Lipinski definition) is 2. The van der Waals surface area contributed by atoms with Gasteiger partial charge in [0.2, 0.25) is 0 Å². The molecule has 1 unspecified atom stereocenters. The molecule has 1 saturated carbocycles. The van der Waals surface area contributed by atoms with E-state index in [-0.39, 0.29) is 0 Å². The Balaban J connectivity index is 1.69. The van der Waals surface area contributed by atoms with Crippen molar-refractivity contribution in [3.05, 3.63) is 30.3 Å². The molecule has 1 aromatic rings. The summed E-state index contributed by atoms with van der Waals surface area (Å²) in [4.78, 5) is 1.34. The van der Waals surface area contributed by atoms with E-state index in [1.54, 1.807) is 0 Å². The van der Waals surface area contributed by atoms with Crippen molar-refractivity contribution in [2.75, 3.05) is 5.75 Å². The summed E-state index contributed by atoms with van der Waals surface area (Å²) in [5, 5.41) is 0. The van der Waals surface area contributed by atoms with E-state index in [1.807, 2.05) is 11.8 Å². The second-order valence-corrected chi connectivity index (χ2v) is 5.86. The molecule has 1 aliphatic rings. The molecule has 1 nitrogen and oxygen atoms in total. The highest BCUT2D eigenvalue weighted by Crippen LogP contribution is 2.29. The minimum atomic E-state index is 0.369. The Morgan fingerprint density at radius 1 is 1.19 bits per heavy atom. The average molecular weight is 235 g/mol. The fourth-order valence-electron chi connectivity index (χ4n) is 2.46. The molecule has 0 bridgehead atoms. The van der Waals surface area contributed by atoms with E-state index in [4.69, 9.17) is 5.73 Å². The molecule has 1 aliphatic carbocycles. The second-order valence-electron chi connectivity index (χ2n) is 4.77. The molecule has 0 aliphatic heterocycles. The van der Waals surface area contributed by atoms with Gasteiger partial charge in [0.25, 0.3) is 0 Å². The van der Waals surface area contributed by atoms with Crippen LogP contribution in [0, 0.1) is 5.92 Å². The number of rotatable bonds is 5. The lowest BCUT2D eigenvalue weighted by Crippen LogP contribution is -2.25. The van der Waals surface area contributed by atoms with Crippen molar-refractivity contribution in [1.82, 2.24) is 0 Å². The molecule has 16 heavy (non-hydrogen) atoms. The maximum Gasteiger partial charge on any atom is 0.0136 e. The molecular formula is C14H21NS. The molecule has 88 valence electrons. The highest BCUT2D eigenvalue weighted by Gasteiger charge is 2.17. The minimum absolute atomic E-state index is 0.369. The third kappa shape index (κ3) is 3.84. The Bertz CT molecular complexity index is 293. The van der Waals surface area contributed by atoms with Crippen LogP contribution in [0.5, 0.6) is 0 Å². The zero-order valence-electron chi connectivity index (χ0n) is 9.77. The lowest BCUT2D eigenvalue weighted by Gasteiger charge is -2.15. The van der Waals surface area contributed by atoms with Crippen LogP contribution < -0.4 is 5.73 Å². The second kappa shape index (κ2) is 6.31. The van der Waals surface area contributed by atoms with E-state index in [9.17, 15) is 0 Å². The van der Waals surface area contributed by atoms with Gasteiger partial charge in [-0.05, 0) is 24.5 Å². The lowest BCUT2D eigenvalue weighted by molar-refractivity contribution is 0.462. The maximum absolute atomic E-state index is 6.18. The van der Waals surface area contributed by atoms with Crippen molar-refractivity contribution >= 4 is 11.8 Å². The number of benzene rings is 1. The molecular weight excluding hydrogens is 214 g/mol. The summed E-state index contributed by atoms with van der Waals surface area (Å²) in [7, 11) is 0. The lowest BCUT2D eigenvalue weighted by atomic mass is 10.00. The van der Waals surface area contributed by atoms with Crippen LogP contribution in [-0.2, 0) is 0 Å². The van der Waals surface area contributed by atoms with Gasteiger partial charge in [0.1, 0.15) is 0 Å². The van der Waals surface area contributed by atoms with E-state index in [1.165, 1.54) is 37.0 Å². The van der Waals surface area contributed by atoms with Crippen LogP contribution in [0.1, 0.15) is 32.1 Å². The van der Waals surface area contributed by atoms with Crippen LogP contribution in [0.25, 0.3) is 0 Å². The Morgan fingerprint density at radius 2 is 1.88 bits per heavy atom. The molecule has 1 atom stereocenters. The Morgan fingerprint density at radius 3 is 2.56 bits per heavy atom. The van der Waals surface area contributed by atoms with Gasteiger partial charge >= 0.3 is 0 Å². The number of nitrogens with two attached hydrogens (primary N) is 1. The fraction of sp³-hybridized carbons (Fsp3) is 0.571. The zero-order chi connectivity index (χ0) is 11.2. The van der Waals surface area contributed by atoms with Crippen molar-refractivity contribution in [3.8, 4) is 0 Å². The minimum Gasteiger partial charge on any atom is -0.327 e. The first-order valence-electron chi connectivity index (χ1n) is 6.28. The van der Waals surface area contributed by atoms with Gasteiger partial charge in [-0.2, -0.15) is 0 Å². The first-order valence-corrected chi connectivity index (χ1v) is 7.26. The molecule has 0 heterocycles. The molecule has 0 radical (unpaired) electrons. The molecule has 2 rings (SSSR count). The summed E-state index contributed by atoms with van der Waals surface area (Å²) >= 11 is 1.89. The van der Waals surface area contributed by atoms with Gasteiger partial charge in [-0.1, -0.05) is 43.9 Å². The standard InChI is InChI=1S/C14H21NS/c15-13(10-12-6-4-5-7-12)11-16-14-8-2-1-3-9-14/h1-3,8-9,12-13H,4-7,10-11,15H2. The molecule has 2 heteroatoms. The number of thioether (sulfide) groups is 1. The maximum atomic E-state index is 6.18. The molecule has 0 spiro atoms. The van der Waals surface area contributed by atoms with Crippen molar-refractivity contribution in [2.24, 2.45) is 11.7 Å². The summed E-state index contributed by atoms with van der Waals surface area (Å²) in [6, 6.07) is 10.9. The molecule has 1 fully saturated rings. The van der Waals surface area contributed by atoms with Crippen LogP contribution in [0.15, 0.2) is 35.2 Å². The molecule has 0 amide bonds. The van der Waals surface area contributed by atoms with E-state index >= 15 is 0 Å². The summed E-state index contributed by atoms with van der Waals surface area (Å²) < 4.78 is 0. The first-order chi connectivity index (χ1) is 7.84. The van der Waals surface area contributed by atoms with Gasteiger partial charge < -0.3 is 5.73 Å². The van der Waals surface area contributed by atoms with Crippen LogP contribution >= 0.6 is 11.8 Å². The topological polar surface area (TPSA) is 26.0 Å². The summed E-state index contributed by atoms with van der Waals surface area (Å²) in [5.41, 5.74) is 6.18. The summed E-state index contributed by atoms with van der Waals surface area (Å²) in [6.45, 7) is 0. The summed E-state index contributed by atoms with van der Waals surface area (Å²) in [5.74, 6) is 1.96. The Labute approximate surface area is 103 Å². The van der Waals surface area contributed by atoms with Gasteiger partial charge in [-0.3, -0.25) is 0 Å². The van der Waals surface area contributed by atoms with Crippen LogP contribution in [-0.4, -0.2) is 11.8 Å². The molecule has 2 N–H and O–H groups in total. The van der Waals surface area contributed by atoms with Crippen LogP contribution in [0.4, 0.5) is 0 Å². The van der Waals surface area contributed by atoms with E-state index < -0.39 is 0 Å². The van der Waals surface area contributed by atoms with E-state index in [0.717, 1.165) is 11.7 Å². The fourth-order valence-corrected chi connectivity index (χ4v) is 3.35. The average Bonchev–Trinajstić information content (AvgIpc) is 2.81. The third-order valence-electron chi connectivity index (χ3n) is 3.32. The third-order valence-corrected chi connectivity index (χ3v) is 4.52. The van der Waals surface area contributed by atoms with Gasteiger partial charge in [-0.15, -0.1) is 11.8 Å².